The van der Waals surface area contributed by atoms with Crippen LogP contribution in [0.1, 0.15) is 46.0 Å². The average Bonchev–Trinajstić information content (AvgIpc) is 2.70. The van der Waals surface area contributed by atoms with Gasteiger partial charge in [-0.05, 0) is 50.5 Å². The molecule has 0 bridgehead atoms. The maximum absolute atomic E-state index is 5.98. The summed E-state index contributed by atoms with van der Waals surface area (Å²) in [5.41, 5.74) is 5.98. The fourth-order valence-electron chi connectivity index (χ4n) is 3.33. The van der Waals surface area contributed by atoms with E-state index in [1.165, 1.54) is 51.7 Å². The van der Waals surface area contributed by atoms with Crippen LogP contribution in [0.4, 0.5) is 0 Å². The van der Waals surface area contributed by atoms with Crippen molar-refractivity contribution in [1.29, 1.82) is 0 Å². The van der Waals surface area contributed by atoms with Gasteiger partial charge >= 0.3 is 0 Å². The highest BCUT2D eigenvalue weighted by atomic mass is 15.1. The minimum Gasteiger partial charge on any atom is -0.328 e. The molecule has 2 fully saturated rings. The molecule has 2 unspecified atom stereocenters. The van der Waals surface area contributed by atoms with Gasteiger partial charge in [-0.3, -0.25) is 0 Å². The second kappa shape index (κ2) is 5.50. The fourth-order valence-corrected chi connectivity index (χ4v) is 3.33. The molecule has 1 aliphatic heterocycles. The van der Waals surface area contributed by atoms with E-state index < -0.39 is 0 Å². The molecule has 0 aromatic heterocycles. The maximum Gasteiger partial charge on any atom is 0.00514 e. The van der Waals surface area contributed by atoms with Crippen LogP contribution in [0.2, 0.25) is 0 Å². The quantitative estimate of drug-likeness (QED) is 0.798. The second-order valence-corrected chi connectivity index (χ2v) is 6.29. The molecule has 0 aromatic rings. The van der Waals surface area contributed by atoms with Crippen molar-refractivity contribution >= 4 is 0 Å². The first-order chi connectivity index (χ1) is 7.65. The summed E-state index contributed by atoms with van der Waals surface area (Å²) in [6.07, 6.45) is 7.15. The van der Waals surface area contributed by atoms with Crippen molar-refractivity contribution in [3.63, 3.8) is 0 Å². The molecule has 1 saturated carbocycles. The van der Waals surface area contributed by atoms with E-state index in [1.807, 2.05) is 0 Å². The molecule has 0 radical (unpaired) electrons. The van der Waals surface area contributed by atoms with Crippen LogP contribution < -0.4 is 5.73 Å². The van der Waals surface area contributed by atoms with E-state index in [-0.39, 0.29) is 0 Å². The molecule has 2 heteroatoms. The molecule has 0 spiro atoms. The zero-order chi connectivity index (χ0) is 11.5. The predicted molar refractivity (Wildman–Crippen MR) is 69.3 cm³/mol. The van der Waals surface area contributed by atoms with E-state index in [1.54, 1.807) is 0 Å². The molecule has 2 nitrogen and oxygen atoms in total. The molecule has 94 valence electrons. The molecule has 0 aromatic carbocycles. The summed E-state index contributed by atoms with van der Waals surface area (Å²) in [4.78, 5) is 2.66. The van der Waals surface area contributed by atoms with Crippen molar-refractivity contribution in [2.24, 2.45) is 23.5 Å². The van der Waals surface area contributed by atoms with Crippen LogP contribution in [-0.2, 0) is 0 Å². The van der Waals surface area contributed by atoms with Crippen LogP contribution in [0.15, 0.2) is 0 Å². The number of hydrogen-bond acceptors (Lipinski definition) is 2. The number of nitrogens with zero attached hydrogens (tertiary/aromatic N) is 1. The summed E-state index contributed by atoms with van der Waals surface area (Å²) in [7, 11) is 0. The molecule has 0 amide bonds. The number of nitrogens with two attached hydrogens (primary N) is 1. The van der Waals surface area contributed by atoms with E-state index >= 15 is 0 Å². The molecule has 1 saturated heterocycles. The summed E-state index contributed by atoms with van der Waals surface area (Å²) < 4.78 is 0. The van der Waals surface area contributed by atoms with Gasteiger partial charge < -0.3 is 10.6 Å². The number of hydrogen-bond donors (Lipinski definition) is 1. The van der Waals surface area contributed by atoms with E-state index in [9.17, 15) is 0 Å². The fraction of sp³-hybridized carbons (Fsp3) is 1.00. The van der Waals surface area contributed by atoms with Gasteiger partial charge in [-0.15, -0.1) is 0 Å². The van der Waals surface area contributed by atoms with E-state index in [2.05, 4.69) is 18.7 Å². The van der Waals surface area contributed by atoms with Crippen molar-refractivity contribution in [1.82, 2.24) is 4.90 Å². The van der Waals surface area contributed by atoms with Gasteiger partial charge in [0, 0.05) is 19.1 Å². The summed E-state index contributed by atoms with van der Waals surface area (Å²) >= 11 is 0. The lowest BCUT2D eigenvalue weighted by molar-refractivity contribution is 0.204. The SMILES string of the molecule is CC1CCC(CN2CCC(C(C)N)C2)CC1. The molecule has 2 atom stereocenters. The smallest absolute Gasteiger partial charge is 0.00514 e. The third-order valence-corrected chi connectivity index (χ3v) is 4.70. The lowest BCUT2D eigenvalue weighted by Gasteiger charge is -2.29. The standard InChI is InChI=1S/C14H28N2/c1-11-3-5-13(6-4-11)9-16-8-7-14(10-16)12(2)15/h11-14H,3-10,15H2,1-2H3. The van der Waals surface area contributed by atoms with Crippen LogP contribution in [0.25, 0.3) is 0 Å². The summed E-state index contributed by atoms with van der Waals surface area (Å²) in [5, 5.41) is 0. The average molecular weight is 224 g/mol. The van der Waals surface area contributed by atoms with Crippen molar-refractivity contribution in [2.75, 3.05) is 19.6 Å². The molecule has 1 heterocycles. The largest absolute Gasteiger partial charge is 0.328 e. The maximum atomic E-state index is 5.98. The Hall–Kier alpha value is -0.0800. The lowest BCUT2D eigenvalue weighted by atomic mass is 9.83. The van der Waals surface area contributed by atoms with Crippen LogP contribution in [0.3, 0.4) is 0 Å². The molecule has 1 aliphatic carbocycles. The first kappa shape index (κ1) is 12.4. The van der Waals surface area contributed by atoms with Crippen molar-refractivity contribution < 1.29 is 0 Å². The van der Waals surface area contributed by atoms with Crippen molar-refractivity contribution in [3.05, 3.63) is 0 Å². The normalized spacial score (nSPS) is 38.8. The van der Waals surface area contributed by atoms with Gasteiger partial charge in [0.25, 0.3) is 0 Å². The van der Waals surface area contributed by atoms with Gasteiger partial charge in [0.15, 0.2) is 0 Å². The zero-order valence-corrected chi connectivity index (χ0v) is 11.0. The minimum absolute atomic E-state index is 0.386. The molecule has 2 aliphatic rings. The minimum atomic E-state index is 0.386. The first-order valence-electron chi connectivity index (χ1n) is 7.13. The van der Waals surface area contributed by atoms with Crippen LogP contribution in [0, 0.1) is 17.8 Å². The highest BCUT2D eigenvalue weighted by molar-refractivity contribution is 4.83. The summed E-state index contributed by atoms with van der Waals surface area (Å²) in [6.45, 7) is 8.45. The number of rotatable bonds is 3. The third kappa shape index (κ3) is 3.21. The molecule has 2 rings (SSSR count). The third-order valence-electron chi connectivity index (χ3n) is 4.70. The van der Waals surface area contributed by atoms with E-state index in [4.69, 9.17) is 5.73 Å². The highest BCUT2D eigenvalue weighted by Crippen LogP contribution is 2.30. The van der Waals surface area contributed by atoms with Crippen molar-refractivity contribution in [2.45, 2.75) is 52.0 Å². The van der Waals surface area contributed by atoms with Gasteiger partial charge in [-0.25, -0.2) is 0 Å². The summed E-state index contributed by atoms with van der Waals surface area (Å²) in [6, 6.07) is 0.386. The Labute approximate surface area is 101 Å². The predicted octanol–water partition coefficient (Wildman–Crippen LogP) is 2.48. The second-order valence-electron chi connectivity index (χ2n) is 6.29. The van der Waals surface area contributed by atoms with E-state index in [0.717, 1.165) is 17.8 Å². The van der Waals surface area contributed by atoms with Gasteiger partial charge in [0.1, 0.15) is 0 Å². The monoisotopic (exact) mass is 224 g/mol. The zero-order valence-electron chi connectivity index (χ0n) is 11.0. The Morgan fingerprint density at radius 2 is 1.88 bits per heavy atom. The lowest BCUT2D eigenvalue weighted by Crippen LogP contribution is -2.33. The van der Waals surface area contributed by atoms with Crippen LogP contribution in [-0.4, -0.2) is 30.6 Å². The molecular weight excluding hydrogens is 196 g/mol. The molecular formula is C14H28N2. The highest BCUT2D eigenvalue weighted by Gasteiger charge is 2.27. The molecule has 16 heavy (non-hydrogen) atoms. The Balaban J connectivity index is 1.71. The summed E-state index contributed by atoms with van der Waals surface area (Å²) in [5.74, 6) is 2.71. The Morgan fingerprint density at radius 3 is 2.44 bits per heavy atom. The van der Waals surface area contributed by atoms with Gasteiger partial charge in [-0.2, -0.15) is 0 Å². The van der Waals surface area contributed by atoms with E-state index in [0.29, 0.717) is 6.04 Å². The van der Waals surface area contributed by atoms with Crippen molar-refractivity contribution in [3.8, 4) is 0 Å². The van der Waals surface area contributed by atoms with Gasteiger partial charge in [-0.1, -0.05) is 19.8 Å². The first-order valence-corrected chi connectivity index (χ1v) is 7.13. The topological polar surface area (TPSA) is 29.3 Å². The Kier molecular flexibility index (Phi) is 4.26. The van der Waals surface area contributed by atoms with Gasteiger partial charge in [0.2, 0.25) is 0 Å². The Bertz CT molecular complexity index is 207. The van der Waals surface area contributed by atoms with Crippen LogP contribution in [0.5, 0.6) is 0 Å². The van der Waals surface area contributed by atoms with Crippen LogP contribution >= 0.6 is 0 Å². The number of likely N-dealkylation sites (tertiary alicyclic amines) is 1. The molecule has 2 N–H and O–H groups in total. The Morgan fingerprint density at radius 1 is 1.19 bits per heavy atom. The van der Waals surface area contributed by atoms with Gasteiger partial charge in [0.05, 0.1) is 0 Å².